The number of halogens is 2. The molecule has 2 aromatic carbocycles. The van der Waals surface area contributed by atoms with Crippen LogP contribution in [0.15, 0.2) is 30.3 Å². The van der Waals surface area contributed by atoms with Crippen LogP contribution >= 0.6 is 0 Å². The Morgan fingerprint density at radius 2 is 1.64 bits per heavy atom. The second kappa shape index (κ2) is 6.99. The molecule has 0 fully saturated rings. The number of hydrogen-bond donors (Lipinski definition) is 0. The quantitative estimate of drug-likeness (QED) is 0.448. The molecule has 0 saturated heterocycles. The molecule has 0 saturated carbocycles. The molecule has 0 aliphatic carbocycles. The highest BCUT2D eigenvalue weighted by atomic mass is 19.2. The van der Waals surface area contributed by atoms with Crippen molar-refractivity contribution in [1.29, 1.82) is 0 Å². The number of methoxy groups -OCH3 is 1. The van der Waals surface area contributed by atoms with Gasteiger partial charge in [0.2, 0.25) is 0 Å². The standard InChI is InChI=1S/C15H10F2N2O6/c1-25-15-3-2-8(4-14(15)19(23)24)10(7-20)9-5-11(16)12(17)6-13(9)18(21)22/h2-7,10H,1H3. The Bertz CT molecular complexity index is 871. The molecule has 0 aromatic heterocycles. The average molecular weight is 352 g/mol. The van der Waals surface area contributed by atoms with Gasteiger partial charge in [-0.3, -0.25) is 20.2 Å². The Labute approximate surface area is 138 Å². The summed E-state index contributed by atoms with van der Waals surface area (Å²) in [6.45, 7) is 0. The molecule has 25 heavy (non-hydrogen) atoms. The van der Waals surface area contributed by atoms with Gasteiger partial charge >= 0.3 is 5.69 Å². The van der Waals surface area contributed by atoms with Crippen LogP contribution in [0.2, 0.25) is 0 Å². The molecule has 0 amide bonds. The highest BCUT2D eigenvalue weighted by molar-refractivity contribution is 5.72. The zero-order valence-corrected chi connectivity index (χ0v) is 12.6. The number of carbonyl (C=O) groups is 1. The highest BCUT2D eigenvalue weighted by Crippen LogP contribution is 2.36. The van der Waals surface area contributed by atoms with Crippen LogP contribution in [0.1, 0.15) is 17.0 Å². The van der Waals surface area contributed by atoms with E-state index in [-0.39, 0.29) is 17.6 Å². The number of nitro benzene ring substituents is 2. The first-order chi connectivity index (χ1) is 11.8. The fraction of sp³-hybridized carbons (Fsp3) is 0.133. The topological polar surface area (TPSA) is 113 Å². The number of rotatable bonds is 6. The first-order valence-corrected chi connectivity index (χ1v) is 6.71. The van der Waals surface area contributed by atoms with Crippen molar-refractivity contribution in [3.05, 3.63) is 73.3 Å². The van der Waals surface area contributed by atoms with Gasteiger partial charge in [0, 0.05) is 11.6 Å². The molecule has 1 unspecified atom stereocenters. The molecular formula is C15H10F2N2O6. The van der Waals surface area contributed by atoms with Crippen LogP contribution in [0.25, 0.3) is 0 Å². The van der Waals surface area contributed by atoms with E-state index in [1.54, 1.807) is 0 Å². The minimum atomic E-state index is -1.44. The predicted molar refractivity (Wildman–Crippen MR) is 80.6 cm³/mol. The van der Waals surface area contributed by atoms with E-state index in [9.17, 15) is 33.8 Å². The third kappa shape index (κ3) is 3.42. The Hall–Kier alpha value is -3.43. The van der Waals surface area contributed by atoms with Crippen molar-refractivity contribution in [3.63, 3.8) is 0 Å². The van der Waals surface area contributed by atoms with E-state index in [2.05, 4.69) is 0 Å². The summed E-state index contributed by atoms with van der Waals surface area (Å²) < 4.78 is 31.6. The number of nitrogens with zero attached hydrogens (tertiary/aromatic N) is 2. The van der Waals surface area contributed by atoms with Crippen molar-refractivity contribution in [1.82, 2.24) is 0 Å². The van der Waals surface area contributed by atoms with E-state index in [0.717, 1.165) is 6.07 Å². The van der Waals surface area contributed by atoms with Crippen LogP contribution < -0.4 is 4.74 Å². The molecule has 0 bridgehead atoms. The molecule has 0 N–H and O–H groups in total. The Morgan fingerprint density at radius 1 is 1.04 bits per heavy atom. The van der Waals surface area contributed by atoms with Gasteiger partial charge in [-0.1, -0.05) is 6.07 Å². The van der Waals surface area contributed by atoms with Gasteiger partial charge in [-0.05, 0) is 17.7 Å². The van der Waals surface area contributed by atoms with Crippen LogP contribution in [0, 0.1) is 31.9 Å². The molecule has 0 radical (unpaired) electrons. The average Bonchev–Trinajstić information content (AvgIpc) is 2.57. The Balaban J connectivity index is 2.67. The predicted octanol–water partition coefficient (Wildman–Crippen LogP) is 3.12. The largest absolute Gasteiger partial charge is 0.490 e. The number of aldehydes is 1. The van der Waals surface area contributed by atoms with E-state index >= 15 is 0 Å². The number of nitro groups is 2. The first-order valence-electron chi connectivity index (χ1n) is 6.71. The van der Waals surface area contributed by atoms with Crippen LogP contribution in [-0.4, -0.2) is 23.2 Å². The lowest BCUT2D eigenvalue weighted by Crippen LogP contribution is -2.08. The summed E-state index contributed by atoms with van der Waals surface area (Å²) >= 11 is 0. The van der Waals surface area contributed by atoms with Crippen molar-refractivity contribution in [2.45, 2.75) is 5.92 Å². The summed E-state index contributed by atoms with van der Waals surface area (Å²) in [5.41, 5.74) is -1.71. The van der Waals surface area contributed by atoms with Gasteiger partial charge in [0.25, 0.3) is 5.69 Å². The minimum absolute atomic E-state index is 0.00314. The molecule has 0 aliphatic rings. The summed E-state index contributed by atoms with van der Waals surface area (Å²) in [7, 11) is 1.21. The molecule has 10 heteroatoms. The third-order valence-electron chi connectivity index (χ3n) is 3.50. The minimum Gasteiger partial charge on any atom is -0.490 e. The van der Waals surface area contributed by atoms with E-state index in [1.165, 1.54) is 19.2 Å². The second-order valence-electron chi connectivity index (χ2n) is 4.88. The molecule has 1 atom stereocenters. The van der Waals surface area contributed by atoms with Crippen LogP contribution in [0.3, 0.4) is 0 Å². The summed E-state index contributed by atoms with van der Waals surface area (Å²) in [5.74, 6) is -4.31. The number of carbonyl (C=O) groups excluding carboxylic acids is 1. The van der Waals surface area contributed by atoms with E-state index < -0.39 is 44.3 Å². The van der Waals surface area contributed by atoms with Gasteiger partial charge in [0.05, 0.1) is 28.9 Å². The van der Waals surface area contributed by atoms with Crippen molar-refractivity contribution in [2.24, 2.45) is 0 Å². The van der Waals surface area contributed by atoms with Crippen LogP contribution in [0.4, 0.5) is 20.2 Å². The van der Waals surface area contributed by atoms with Crippen molar-refractivity contribution >= 4 is 17.7 Å². The van der Waals surface area contributed by atoms with E-state index in [4.69, 9.17) is 4.74 Å². The third-order valence-corrected chi connectivity index (χ3v) is 3.50. The summed E-state index contributed by atoms with van der Waals surface area (Å²) in [6, 6.07) is 4.36. The second-order valence-corrected chi connectivity index (χ2v) is 4.88. The Morgan fingerprint density at radius 3 is 2.16 bits per heavy atom. The van der Waals surface area contributed by atoms with Gasteiger partial charge in [-0.25, -0.2) is 8.78 Å². The lowest BCUT2D eigenvalue weighted by atomic mass is 9.90. The van der Waals surface area contributed by atoms with Gasteiger partial charge < -0.3 is 9.53 Å². The fourth-order valence-corrected chi connectivity index (χ4v) is 2.33. The Kier molecular flexibility index (Phi) is 5.01. The summed E-state index contributed by atoms with van der Waals surface area (Å²) in [5, 5.41) is 22.2. The molecule has 0 spiro atoms. The maximum absolute atomic E-state index is 13.5. The molecule has 2 aromatic rings. The monoisotopic (exact) mass is 352 g/mol. The van der Waals surface area contributed by atoms with Crippen molar-refractivity contribution in [3.8, 4) is 5.75 Å². The maximum Gasteiger partial charge on any atom is 0.311 e. The van der Waals surface area contributed by atoms with Crippen LogP contribution in [0.5, 0.6) is 5.75 Å². The normalized spacial score (nSPS) is 11.6. The van der Waals surface area contributed by atoms with Crippen LogP contribution in [-0.2, 0) is 4.79 Å². The molecule has 130 valence electrons. The smallest absolute Gasteiger partial charge is 0.311 e. The van der Waals surface area contributed by atoms with Crippen molar-refractivity contribution in [2.75, 3.05) is 7.11 Å². The SMILES string of the molecule is COc1ccc(C(C=O)c2cc(F)c(F)cc2[N+](=O)[O-])cc1[N+](=O)[O-]. The lowest BCUT2D eigenvalue weighted by molar-refractivity contribution is -0.386. The van der Waals surface area contributed by atoms with Crippen molar-refractivity contribution < 1.29 is 28.2 Å². The summed E-state index contributed by atoms with van der Waals surface area (Å²) in [4.78, 5) is 31.9. The first kappa shape index (κ1) is 17.9. The molecule has 8 nitrogen and oxygen atoms in total. The van der Waals surface area contributed by atoms with Gasteiger partial charge in [0.15, 0.2) is 17.4 Å². The van der Waals surface area contributed by atoms with Gasteiger partial charge in [0.1, 0.15) is 6.29 Å². The maximum atomic E-state index is 13.5. The molecule has 0 heterocycles. The molecule has 2 rings (SSSR count). The molecular weight excluding hydrogens is 342 g/mol. The fourth-order valence-electron chi connectivity index (χ4n) is 2.33. The zero-order chi connectivity index (χ0) is 18.7. The lowest BCUT2D eigenvalue weighted by Gasteiger charge is -2.13. The zero-order valence-electron chi connectivity index (χ0n) is 12.6. The highest BCUT2D eigenvalue weighted by Gasteiger charge is 2.28. The van der Waals surface area contributed by atoms with E-state index in [1.807, 2.05) is 0 Å². The summed E-state index contributed by atoms with van der Waals surface area (Å²) in [6.07, 6.45) is 0.255. The number of hydrogen-bond acceptors (Lipinski definition) is 6. The van der Waals surface area contributed by atoms with E-state index in [0.29, 0.717) is 12.1 Å². The molecule has 0 aliphatic heterocycles. The van der Waals surface area contributed by atoms with Gasteiger partial charge in [-0.2, -0.15) is 0 Å². The number of benzene rings is 2. The van der Waals surface area contributed by atoms with Gasteiger partial charge in [-0.15, -0.1) is 0 Å². The number of ether oxygens (including phenoxy) is 1.